The van der Waals surface area contributed by atoms with Crippen molar-refractivity contribution in [3.05, 3.63) is 40.9 Å². The number of halogens is 1. The third-order valence-corrected chi connectivity index (χ3v) is 4.27. The van der Waals surface area contributed by atoms with Gasteiger partial charge in [0, 0.05) is 15.5 Å². The molecule has 0 bridgehead atoms. The second-order valence-electron chi connectivity index (χ2n) is 4.89. The van der Waals surface area contributed by atoms with Crippen LogP contribution in [0.1, 0.15) is 20.3 Å². The summed E-state index contributed by atoms with van der Waals surface area (Å²) in [7, 11) is 0. The highest BCUT2D eigenvalue weighted by Crippen LogP contribution is 2.31. The van der Waals surface area contributed by atoms with Crippen molar-refractivity contribution in [2.24, 2.45) is 5.41 Å². The van der Waals surface area contributed by atoms with Crippen molar-refractivity contribution in [2.45, 2.75) is 20.3 Å². The van der Waals surface area contributed by atoms with Crippen molar-refractivity contribution in [1.29, 1.82) is 5.26 Å². The molecule has 4 heteroatoms. The van der Waals surface area contributed by atoms with Gasteiger partial charge in [-0.3, -0.25) is 4.79 Å². The van der Waals surface area contributed by atoms with Crippen molar-refractivity contribution in [1.82, 2.24) is 0 Å². The fourth-order valence-electron chi connectivity index (χ4n) is 1.92. The predicted molar refractivity (Wildman–Crippen MR) is 84.3 cm³/mol. The van der Waals surface area contributed by atoms with Crippen molar-refractivity contribution < 1.29 is 4.79 Å². The van der Waals surface area contributed by atoms with Crippen LogP contribution >= 0.6 is 15.9 Å². The van der Waals surface area contributed by atoms with E-state index < -0.39 is 5.41 Å². The van der Waals surface area contributed by atoms with E-state index in [4.69, 9.17) is 0 Å². The number of amides is 1. The summed E-state index contributed by atoms with van der Waals surface area (Å²) in [6.45, 7) is 3.49. The average Bonchev–Trinajstić information content (AvgIpc) is 2.49. The lowest BCUT2D eigenvalue weighted by Gasteiger charge is -2.19. The van der Waals surface area contributed by atoms with Gasteiger partial charge < -0.3 is 5.32 Å². The first kappa shape index (κ1) is 14.5. The molecule has 0 aromatic heterocycles. The van der Waals surface area contributed by atoms with Gasteiger partial charge in [-0.1, -0.05) is 47.1 Å². The van der Waals surface area contributed by atoms with Gasteiger partial charge in [0.1, 0.15) is 5.41 Å². The van der Waals surface area contributed by atoms with Gasteiger partial charge in [0.15, 0.2) is 0 Å². The van der Waals surface area contributed by atoms with Crippen molar-refractivity contribution >= 4 is 38.3 Å². The highest BCUT2D eigenvalue weighted by atomic mass is 79.9. The quantitative estimate of drug-likeness (QED) is 0.901. The first-order chi connectivity index (χ1) is 9.51. The lowest BCUT2D eigenvalue weighted by Crippen LogP contribution is -2.31. The molecule has 0 aliphatic heterocycles. The third-order valence-electron chi connectivity index (χ3n) is 3.57. The molecule has 0 saturated heterocycles. The molecule has 0 spiro atoms. The van der Waals surface area contributed by atoms with Crippen LogP contribution in [0.2, 0.25) is 0 Å². The average molecular weight is 331 g/mol. The van der Waals surface area contributed by atoms with Crippen molar-refractivity contribution in [2.75, 3.05) is 5.32 Å². The zero-order chi connectivity index (χ0) is 14.8. The molecule has 0 heterocycles. The standard InChI is InChI=1S/C16H15BrN2O/c1-3-16(2,10-18)15(20)19-14-9-8-13(17)11-6-4-5-7-12(11)14/h4-9H,3H2,1-2H3,(H,19,20). The molecular formula is C16H15BrN2O. The highest BCUT2D eigenvalue weighted by molar-refractivity contribution is 9.10. The maximum absolute atomic E-state index is 12.3. The van der Waals surface area contributed by atoms with Gasteiger partial charge in [-0.15, -0.1) is 0 Å². The second kappa shape index (κ2) is 5.64. The first-order valence-electron chi connectivity index (χ1n) is 6.42. The van der Waals surface area contributed by atoms with Crippen LogP contribution in [-0.2, 0) is 4.79 Å². The number of hydrogen-bond donors (Lipinski definition) is 1. The summed E-state index contributed by atoms with van der Waals surface area (Å²) in [5.41, 5.74) is -0.280. The number of nitrogens with zero attached hydrogens (tertiary/aromatic N) is 1. The fraction of sp³-hybridized carbons (Fsp3) is 0.250. The van der Waals surface area contributed by atoms with Crippen LogP contribution in [-0.4, -0.2) is 5.91 Å². The number of benzene rings is 2. The number of carbonyl (C=O) groups is 1. The minimum absolute atomic E-state index is 0.269. The predicted octanol–water partition coefficient (Wildman–Crippen LogP) is 4.48. The number of hydrogen-bond acceptors (Lipinski definition) is 2. The molecule has 0 radical (unpaired) electrons. The van der Waals surface area contributed by atoms with E-state index in [0.717, 1.165) is 20.9 Å². The Bertz CT molecular complexity index is 705. The lowest BCUT2D eigenvalue weighted by atomic mass is 9.88. The van der Waals surface area contributed by atoms with Crippen LogP contribution in [0.15, 0.2) is 40.9 Å². The summed E-state index contributed by atoms with van der Waals surface area (Å²) in [6.07, 6.45) is 0.476. The third kappa shape index (κ3) is 2.54. The Hall–Kier alpha value is -1.86. The summed E-state index contributed by atoms with van der Waals surface area (Å²) < 4.78 is 0.977. The molecule has 1 N–H and O–H groups in total. The normalized spacial score (nSPS) is 13.5. The molecule has 2 aromatic rings. The highest BCUT2D eigenvalue weighted by Gasteiger charge is 2.31. The summed E-state index contributed by atoms with van der Waals surface area (Å²) in [5.74, 6) is -0.269. The van der Waals surface area contributed by atoms with Crippen LogP contribution in [0.5, 0.6) is 0 Å². The lowest BCUT2D eigenvalue weighted by molar-refractivity contribution is -0.122. The van der Waals surface area contributed by atoms with E-state index in [1.165, 1.54) is 0 Å². The molecule has 2 rings (SSSR count). The van der Waals surface area contributed by atoms with E-state index in [1.807, 2.05) is 43.3 Å². The molecule has 3 nitrogen and oxygen atoms in total. The second-order valence-corrected chi connectivity index (χ2v) is 5.75. The van der Waals surface area contributed by atoms with Crippen LogP contribution in [0.3, 0.4) is 0 Å². The zero-order valence-corrected chi connectivity index (χ0v) is 13.0. The monoisotopic (exact) mass is 330 g/mol. The number of nitriles is 1. The van der Waals surface area contributed by atoms with Crippen molar-refractivity contribution in [3.63, 3.8) is 0 Å². The molecule has 20 heavy (non-hydrogen) atoms. The number of carbonyl (C=O) groups excluding carboxylic acids is 1. The van der Waals surface area contributed by atoms with E-state index in [0.29, 0.717) is 6.42 Å². The fourth-order valence-corrected chi connectivity index (χ4v) is 2.40. The van der Waals surface area contributed by atoms with E-state index >= 15 is 0 Å². The SMILES string of the molecule is CCC(C)(C#N)C(=O)Nc1ccc(Br)c2ccccc12. The summed E-state index contributed by atoms with van der Waals surface area (Å²) in [4.78, 5) is 12.3. The van der Waals surface area contributed by atoms with Crippen LogP contribution < -0.4 is 5.32 Å². The van der Waals surface area contributed by atoms with Gasteiger partial charge >= 0.3 is 0 Å². The molecule has 0 aliphatic carbocycles. The molecule has 102 valence electrons. The van der Waals surface area contributed by atoms with Crippen LogP contribution in [0.25, 0.3) is 10.8 Å². The molecule has 0 saturated carbocycles. The number of rotatable bonds is 3. The van der Waals surface area contributed by atoms with E-state index in [9.17, 15) is 10.1 Å². The van der Waals surface area contributed by atoms with E-state index in [2.05, 4.69) is 27.3 Å². The van der Waals surface area contributed by atoms with Gasteiger partial charge in [0.2, 0.25) is 5.91 Å². The molecule has 2 aromatic carbocycles. The van der Waals surface area contributed by atoms with Crippen LogP contribution in [0, 0.1) is 16.7 Å². The van der Waals surface area contributed by atoms with Gasteiger partial charge in [-0.25, -0.2) is 0 Å². The molecule has 0 aliphatic rings. The molecule has 0 fully saturated rings. The Morgan fingerprint density at radius 2 is 1.95 bits per heavy atom. The smallest absolute Gasteiger partial charge is 0.244 e. The maximum Gasteiger partial charge on any atom is 0.244 e. The molecular weight excluding hydrogens is 316 g/mol. The van der Waals surface area contributed by atoms with Crippen molar-refractivity contribution in [3.8, 4) is 6.07 Å². The Kier molecular flexibility index (Phi) is 4.10. The zero-order valence-electron chi connectivity index (χ0n) is 11.4. The van der Waals surface area contributed by atoms with Gasteiger partial charge in [0.05, 0.1) is 6.07 Å². The molecule has 1 amide bonds. The Morgan fingerprint density at radius 3 is 2.55 bits per heavy atom. The number of anilines is 1. The summed E-state index contributed by atoms with van der Waals surface area (Å²) >= 11 is 3.50. The first-order valence-corrected chi connectivity index (χ1v) is 7.21. The van der Waals surface area contributed by atoms with Gasteiger partial charge in [-0.05, 0) is 30.9 Å². The minimum atomic E-state index is -1.01. The van der Waals surface area contributed by atoms with Gasteiger partial charge in [0.25, 0.3) is 0 Å². The largest absolute Gasteiger partial charge is 0.324 e. The van der Waals surface area contributed by atoms with E-state index in [1.54, 1.807) is 6.92 Å². The number of fused-ring (bicyclic) bond motifs is 1. The Morgan fingerprint density at radius 1 is 1.30 bits per heavy atom. The summed E-state index contributed by atoms with van der Waals surface area (Å²) in [6, 6.07) is 13.6. The van der Waals surface area contributed by atoms with Crippen LogP contribution in [0.4, 0.5) is 5.69 Å². The molecule has 1 atom stereocenters. The van der Waals surface area contributed by atoms with E-state index in [-0.39, 0.29) is 5.91 Å². The number of nitrogens with one attached hydrogen (secondary N) is 1. The molecule has 1 unspecified atom stereocenters. The Labute approximate surface area is 126 Å². The van der Waals surface area contributed by atoms with Gasteiger partial charge in [-0.2, -0.15) is 5.26 Å². The summed E-state index contributed by atoms with van der Waals surface area (Å²) in [5, 5.41) is 14.0. The Balaban J connectivity index is 2.44. The maximum atomic E-state index is 12.3. The topological polar surface area (TPSA) is 52.9 Å². The minimum Gasteiger partial charge on any atom is -0.324 e.